The van der Waals surface area contributed by atoms with Crippen LogP contribution in [0.15, 0.2) is 12.4 Å². The molecule has 2 aromatic heterocycles. The minimum atomic E-state index is -0.717. The molecule has 0 atom stereocenters. The summed E-state index contributed by atoms with van der Waals surface area (Å²) in [7, 11) is 0. The van der Waals surface area contributed by atoms with E-state index in [-0.39, 0.29) is 0 Å². The van der Waals surface area contributed by atoms with Gasteiger partial charge in [-0.25, -0.2) is 0 Å². The first-order chi connectivity index (χ1) is 9.70. The lowest BCUT2D eigenvalue weighted by Crippen LogP contribution is -2.42. The largest absolute Gasteiger partial charge is 0.388 e. The smallest absolute Gasteiger partial charge is 0.200 e. The molecular formula is C13H19N5O2. The first-order valence-electron chi connectivity index (χ1n) is 6.94. The Balaban J connectivity index is 1.81. The van der Waals surface area contributed by atoms with E-state index in [1.165, 1.54) is 0 Å². The molecule has 0 unspecified atom stereocenters. The highest BCUT2D eigenvalue weighted by molar-refractivity contribution is 5.66. The summed E-state index contributed by atoms with van der Waals surface area (Å²) < 4.78 is 6.95. The van der Waals surface area contributed by atoms with Crippen molar-refractivity contribution in [2.75, 3.05) is 25.1 Å². The van der Waals surface area contributed by atoms with E-state index in [9.17, 15) is 5.11 Å². The van der Waals surface area contributed by atoms with E-state index in [0.29, 0.717) is 38.2 Å². The molecule has 0 aromatic carbocycles. The molecule has 108 valence electrons. The van der Waals surface area contributed by atoms with Crippen molar-refractivity contribution in [3.05, 3.63) is 18.1 Å². The number of aromatic nitrogens is 4. The summed E-state index contributed by atoms with van der Waals surface area (Å²) in [6.45, 7) is 3.74. The maximum Gasteiger partial charge on any atom is 0.200 e. The monoisotopic (exact) mass is 277 g/mol. The maximum atomic E-state index is 10.5. The molecule has 2 N–H and O–H groups in total. The van der Waals surface area contributed by atoms with Crippen LogP contribution < -0.4 is 5.32 Å². The number of nitrogens with zero attached hydrogens (tertiary/aromatic N) is 4. The zero-order valence-corrected chi connectivity index (χ0v) is 11.5. The van der Waals surface area contributed by atoms with E-state index in [0.717, 1.165) is 17.8 Å². The van der Waals surface area contributed by atoms with Crippen LogP contribution in [0, 0.1) is 0 Å². The highest BCUT2D eigenvalue weighted by Crippen LogP contribution is 2.22. The lowest BCUT2D eigenvalue weighted by atomic mass is 9.94. The number of nitrogens with one attached hydrogen (secondary N) is 1. The zero-order valence-electron chi connectivity index (χ0n) is 11.5. The van der Waals surface area contributed by atoms with Crippen LogP contribution in [0.4, 0.5) is 5.69 Å². The van der Waals surface area contributed by atoms with Gasteiger partial charge in [0.1, 0.15) is 6.33 Å². The molecule has 0 amide bonds. The number of hydrogen-bond acceptors (Lipinski definition) is 6. The molecule has 1 aliphatic heterocycles. The van der Waals surface area contributed by atoms with Gasteiger partial charge in [0.2, 0.25) is 5.65 Å². The van der Waals surface area contributed by atoms with Crippen LogP contribution in [0.2, 0.25) is 0 Å². The standard InChI is InChI=1S/C13H19N5O2/c1-2-10-7-11(12-16-15-9-18(12)17-10)14-8-13(19)3-5-20-6-4-13/h7,9,14,19H,2-6,8H2,1H3. The highest BCUT2D eigenvalue weighted by Gasteiger charge is 2.29. The van der Waals surface area contributed by atoms with Crippen molar-refractivity contribution in [3.63, 3.8) is 0 Å². The molecule has 3 heterocycles. The summed E-state index contributed by atoms with van der Waals surface area (Å²) in [6, 6.07) is 1.96. The third-order valence-electron chi connectivity index (χ3n) is 3.71. The van der Waals surface area contributed by atoms with Crippen LogP contribution >= 0.6 is 0 Å². The van der Waals surface area contributed by atoms with E-state index < -0.39 is 5.60 Å². The van der Waals surface area contributed by atoms with Gasteiger partial charge in [-0.15, -0.1) is 10.2 Å². The van der Waals surface area contributed by atoms with E-state index in [1.54, 1.807) is 10.8 Å². The predicted molar refractivity (Wildman–Crippen MR) is 73.7 cm³/mol. The second-order valence-corrected chi connectivity index (χ2v) is 5.19. The molecule has 0 saturated carbocycles. The minimum Gasteiger partial charge on any atom is -0.388 e. The average molecular weight is 277 g/mol. The Hall–Kier alpha value is -1.73. The molecule has 1 fully saturated rings. The number of aliphatic hydroxyl groups is 1. The van der Waals surface area contributed by atoms with Gasteiger partial charge in [0.15, 0.2) is 0 Å². The summed E-state index contributed by atoms with van der Waals surface area (Å²) >= 11 is 0. The molecule has 20 heavy (non-hydrogen) atoms. The van der Waals surface area contributed by atoms with Crippen molar-refractivity contribution in [2.45, 2.75) is 31.8 Å². The van der Waals surface area contributed by atoms with Crippen molar-refractivity contribution in [2.24, 2.45) is 0 Å². The molecule has 7 heteroatoms. The number of ether oxygens (including phenoxy) is 1. The van der Waals surface area contributed by atoms with Crippen molar-refractivity contribution < 1.29 is 9.84 Å². The molecule has 2 aromatic rings. The van der Waals surface area contributed by atoms with Gasteiger partial charge in [-0.2, -0.15) is 9.61 Å². The molecule has 1 aliphatic rings. The number of aryl methyl sites for hydroxylation is 1. The summed E-state index contributed by atoms with van der Waals surface area (Å²) in [5.74, 6) is 0. The predicted octanol–water partition coefficient (Wildman–Crippen LogP) is 0.640. The highest BCUT2D eigenvalue weighted by atomic mass is 16.5. The van der Waals surface area contributed by atoms with Gasteiger partial charge < -0.3 is 15.2 Å². The van der Waals surface area contributed by atoms with E-state index >= 15 is 0 Å². The Morgan fingerprint density at radius 2 is 2.25 bits per heavy atom. The van der Waals surface area contributed by atoms with Crippen molar-refractivity contribution in [1.29, 1.82) is 0 Å². The molecule has 0 radical (unpaired) electrons. The number of fused-ring (bicyclic) bond motifs is 1. The van der Waals surface area contributed by atoms with E-state index in [4.69, 9.17) is 4.74 Å². The van der Waals surface area contributed by atoms with Gasteiger partial charge in [0.05, 0.1) is 17.0 Å². The quantitative estimate of drug-likeness (QED) is 0.853. The van der Waals surface area contributed by atoms with Gasteiger partial charge in [0, 0.05) is 32.6 Å². The fourth-order valence-corrected chi connectivity index (χ4v) is 2.37. The molecule has 0 bridgehead atoms. The first-order valence-corrected chi connectivity index (χ1v) is 6.94. The Kier molecular flexibility index (Phi) is 3.54. The minimum absolute atomic E-state index is 0.478. The fraction of sp³-hybridized carbons (Fsp3) is 0.615. The van der Waals surface area contributed by atoms with Crippen LogP contribution in [0.1, 0.15) is 25.5 Å². The second-order valence-electron chi connectivity index (χ2n) is 5.19. The van der Waals surface area contributed by atoms with E-state index in [1.807, 2.05) is 13.0 Å². The summed E-state index contributed by atoms with van der Waals surface area (Å²) in [5, 5.41) is 26.1. The van der Waals surface area contributed by atoms with Gasteiger partial charge in [-0.05, 0) is 12.5 Å². The number of anilines is 1. The average Bonchev–Trinajstić information content (AvgIpc) is 2.93. The van der Waals surface area contributed by atoms with Crippen LogP contribution in [-0.2, 0) is 11.2 Å². The molecular weight excluding hydrogens is 258 g/mol. The Morgan fingerprint density at radius 3 is 3.00 bits per heavy atom. The van der Waals surface area contributed by atoms with Crippen LogP contribution in [0.25, 0.3) is 5.65 Å². The lowest BCUT2D eigenvalue weighted by molar-refractivity contribution is -0.0543. The maximum absolute atomic E-state index is 10.5. The van der Waals surface area contributed by atoms with Crippen LogP contribution in [-0.4, -0.2) is 50.3 Å². The Morgan fingerprint density at radius 1 is 1.45 bits per heavy atom. The van der Waals surface area contributed by atoms with Gasteiger partial charge in [-0.1, -0.05) is 6.92 Å². The van der Waals surface area contributed by atoms with Gasteiger partial charge >= 0.3 is 0 Å². The third-order valence-corrected chi connectivity index (χ3v) is 3.71. The summed E-state index contributed by atoms with van der Waals surface area (Å²) in [6.07, 6.45) is 3.72. The Bertz CT molecular complexity index is 591. The summed E-state index contributed by atoms with van der Waals surface area (Å²) in [4.78, 5) is 0. The number of hydrogen-bond donors (Lipinski definition) is 2. The summed E-state index contributed by atoms with van der Waals surface area (Å²) in [5.41, 5.74) is 1.77. The lowest BCUT2D eigenvalue weighted by Gasteiger charge is -2.32. The fourth-order valence-electron chi connectivity index (χ4n) is 2.37. The third kappa shape index (κ3) is 2.59. The molecule has 7 nitrogen and oxygen atoms in total. The normalized spacial score (nSPS) is 18.3. The SMILES string of the molecule is CCc1cc(NCC2(O)CCOCC2)c2nncn2n1. The topological polar surface area (TPSA) is 84.6 Å². The van der Waals surface area contributed by atoms with Crippen molar-refractivity contribution in [1.82, 2.24) is 19.8 Å². The van der Waals surface area contributed by atoms with Gasteiger partial charge in [0.25, 0.3) is 0 Å². The number of rotatable bonds is 4. The van der Waals surface area contributed by atoms with Crippen LogP contribution in [0.5, 0.6) is 0 Å². The van der Waals surface area contributed by atoms with Crippen molar-refractivity contribution in [3.8, 4) is 0 Å². The molecule has 3 rings (SSSR count). The van der Waals surface area contributed by atoms with Crippen molar-refractivity contribution >= 4 is 11.3 Å². The molecule has 0 aliphatic carbocycles. The Labute approximate surface area is 117 Å². The second kappa shape index (κ2) is 5.34. The van der Waals surface area contributed by atoms with Crippen LogP contribution in [0.3, 0.4) is 0 Å². The van der Waals surface area contributed by atoms with Gasteiger partial charge in [-0.3, -0.25) is 0 Å². The van der Waals surface area contributed by atoms with E-state index in [2.05, 4.69) is 20.6 Å². The zero-order chi connectivity index (χ0) is 14.0. The molecule has 0 spiro atoms. The first kappa shape index (κ1) is 13.3. The molecule has 1 saturated heterocycles.